The number of nitrogens with zero attached hydrogens (tertiary/aromatic N) is 3. The van der Waals surface area contributed by atoms with Gasteiger partial charge in [-0.1, -0.05) is 31.0 Å². The Balaban J connectivity index is 0.00000363. The van der Waals surface area contributed by atoms with Gasteiger partial charge in [0.1, 0.15) is 12.4 Å². The van der Waals surface area contributed by atoms with Crippen LogP contribution < -0.4 is 15.4 Å². The van der Waals surface area contributed by atoms with Crippen LogP contribution in [0.5, 0.6) is 5.75 Å². The zero-order chi connectivity index (χ0) is 21.6. The van der Waals surface area contributed by atoms with Gasteiger partial charge in [-0.3, -0.25) is 9.89 Å². The second-order valence-electron chi connectivity index (χ2n) is 8.37. The maximum absolute atomic E-state index is 6.09. The highest BCUT2D eigenvalue weighted by atomic mass is 127. The van der Waals surface area contributed by atoms with E-state index in [0.29, 0.717) is 13.2 Å². The molecule has 1 aromatic carbocycles. The molecule has 0 amide bonds. The first kappa shape index (κ1) is 27.1. The topological polar surface area (TPSA) is 61.4 Å². The lowest BCUT2D eigenvalue weighted by molar-refractivity contribution is 0.0322. The summed E-state index contributed by atoms with van der Waals surface area (Å²) >= 11 is 0. The number of aliphatic imine (C=N–C) groups is 1. The van der Waals surface area contributed by atoms with Crippen LogP contribution >= 0.6 is 24.0 Å². The molecule has 0 aromatic heterocycles. The smallest absolute Gasteiger partial charge is 0.191 e. The largest absolute Gasteiger partial charge is 0.492 e. The SMILES string of the molecule is CN=C(NCCCN1CCCCCC1)NCc1ccccc1OCCN1CCOCC1.I. The van der Waals surface area contributed by atoms with Crippen molar-refractivity contribution in [2.45, 2.75) is 38.6 Å². The van der Waals surface area contributed by atoms with E-state index in [1.54, 1.807) is 0 Å². The van der Waals surface area contributed by atoms with Gasteiger partial charge in [-0.2, -0.15) is 0 Å². The summed E-state index contributed by atoms with van der Waals surface area (Å²) in [6.07, 6.45) is 6.63. The Bertz CT molecular complexity index is 647. The highest BCUT2D eigenvalue weighted by Gasteiger charge is 2.11. The van der Waals surface area contributed by atoms with Crippen molar-refractivity contribution in [1.82, 2.24) is 20.4 Å². The summed E-state index contributed by atoms with van der Waals surface area (Å²) < 4.78 is 11.5. The molecular weight excluding hydrogens is 517 g/mol. The fourth-order valence-corrected chi connectivity index (χ4v) is 4.17. The number of rotatable bonds is 10. The minimum atomic E-state index is 0. The van der Waals surface area contributed by atoms with Gasteiger partial charge >= 0.3 is 0 Å². The first-order chi connectivity index (χ1) is 15.3. The van der Waals surface area contributed by atoms with Crippen molar-refractivity contribution in [2.75, 3.05) is 72.7 Å². The molecule has 8 heteroatoms. The van der Waals surface area contributed by atoms with Crippen molar-refractivity contribution in [2.24, 2.45) is 4.99 Å². The van der Waals surface area contributed by atoms with E-state index in [-0.39, 0.29) is 24.0 Å². The van der Waals surface area contributed by atoms with E-state index in [1.807, 2.05) is 19.2 Å². The maximum Gasteiger partial charge on any atom is 0.191 e. The van der Waals surface area contributed by atoms with Gasteiger partial charge in [0.2, 0.25) is 0 Å². The van der Waals surface area contributed by atoms with Crippen LogP contribution in [-0.4, -0.2) is 88.4 Å². The third kappa shape index (κ3) is 10.2. The average molecular weight is 560 g/mol. The third-order valence-corrected chi connectivity index (χ3v) is 6.05. The molecule has 2 heterocycles. The van der Waals surface area contributed by atoms with Crippen LogP contribution in [0.4, 0.5) is 0 Å². The van der Waals surface area contributed by atoms with Crippen LogP contribution in [0, 0.1) is 0 Å². The van der Waals surface area contributed by atoms with Gasteiger partial charge in [-0.15, -0.1) is 24.0 Å². The number of benzene rings is 1. The van der Waals surface area contributed by atoms with Crippen molar-refractivity contribution < 1.29 is 9.47 Å². The minimum Gasteiger partial charge on any atom is -0.492 e. The van der Waals surface area contributed by atoms with E-state index >= 15 is 0 Å². The van der Waals surface area contributed by atoms with Crippen LogP contribution in [0.2, 0.25) is 0 Å². The van der Waals surface area contributed by atoms with Gasteiger partial charge in [-0.05, 0) is 45.0 Å². The number of hydrogen-bond acceptors (Lipinski definition) is 5. The highest BCUT2D eigenvalue weighted by Crippen LogP contribution is 2.17. The Morgan fingerprint density at radius 2 is 1.69 bits per heavy atom. The van der Waals surface area contributed by atoms with Crippen LogP contribution in [0.3, 0.4) is 0 Å². The van der Waals surface area contributed by atoms with Crippen molar-refractivity contribution in [3.05, 3.63) is 29.8 Å². The fourth-order valence-electron chi connectivity index (χ4n) is 4.17. The van der Waals surface area contributed by atoms with Crippen LogP contribution in [-0.2, 0) is 11.3 Å². The van der Waals surface area contributed by atoms with Crippen LogP contribution in [0.25, 0.3) is 0 Å². The van der Waals surface area contributed by atoms with Crippen LogP contribution in [0.1, 0.15) is 37.7 Å². The number of halogens is 1. The lowest BCUT2D eigenvalue weighted by Crippen LogP contribution is -2.39. The highest BCUT2D eigenvalue weighted by molar-refractivity contribution is 14.0. The summed E-state index contributed by atoms with van der Waals surface area (Å²) in [5.74, 6) is 1.79. The molecule has 182 valence electrons. The molecule has 0 aliphatic carbocycles. The molecule has 32 heavy (non-hydrogen) atoms. The number of guanidine groups is 1. The van der Waals surface area contributed by atoms with Crippen molar-refractivity contribution in [3.63, 3.8) is 0 Å². The van der Waals surface area contributed by atoms with E-state index in [4.69, 9.17) is 9.47 Å². The first-order valence-electron chi connectivity index (χ1n) is 12.0. The Morgan fingerprint density at radius 1 is 0.969 bits per heavy atom. The molecule has 2 N–H and O–H groups in total. The van der Waals surface area contributed by atoms with Gasteiger partial charge in [0.05, 0.1) is 13.2 Å². The van der Waals surface area contributed by atoms with Gasteiger partial charge in [0.25, 0.3) is 0 Å². The summed E-state index contributed by atoms with van der Waals surface area (Å²) in [5.41, 5.74) is 1.15. The minimum absolute atomic E-state index is 0. The molecule has 1 aromatic rings. The molecule has 2 saturated heterocycles. The predicted molar refractivity (Wildman–Crippen MR) is 142 cm³/mol. The van der Waals surface area contributed by atoms with Crippen molar-refractivity contribution >= 4 is 29.9 Å². The van der Waals surface area contributed by atoms with Gasteiger partial charge in [-0.25, -0.2) is 0 Å². The van der Waals surface area contributed by atoms with Gasteiger partial charge in [0.15, 0.2) is 5.96 Å². The maximum atomic E-state index is 6.09. The van der Waals surface area contributed by atoms with Gasteiger partial charge in [0, 0.05) is 45.3 Å². The summed E-state index contributed by atoms with van der Waals surface area (Å²) in [6.45, 7) is 10.6. The zero-order valence-corrected chi connectivity index (χ0v) is 22.0. The Morgan fingerprint density at radius 3 is 2.44 bits per heavy atom. The fraction of sp³-hybridized carbons (Fsp3) is 0.708. The van der Waals surface area contributed by atoms with E-state index in [1.165, 1.54) is 45.3 Å². The van der Waals surface area contributed by atoms with Crippen molar-refractivity contribution in [1.29, 1.82) is 0 Å². The molecule has 0 bridgehead atoms. The van der Waals surface area contributed by atoms with E-state index in [2.05, 4.69) is 37.6 Å². The number of para-hydroxylation sites is 1. The molecule has 2 fully saturated rings. The molecule has 0 spiro atoms. The lowest BCUT2D eigenvalue weighted by atomic mass is 10.2. The Kier molecular flexibility index (Phi) is 14.0. The molecule has 7 nitrogen and oxygen atoms in total. The molecule has 0 saturated carbocycles. The average Bonchev–Trinajstić information content (AvgIpc) is 3.09. The molecule has 2 aliphatic rings. The van der Waals surface area contributed by atoms with Crippen molar-refractivity contribution in [3.8, 4) is 5.75 Å². The van der Waals surface area contributed by atoms with Crippen LogP contribution in [0.15, 0.2) is 29.3 Å². The third-order valence-electron chi connectivity index (χ3n) is 6.05. The molecule has 2 aliphatic heterocycles. The standard InChI is InChI=1S/C24H41N5O2.HI/c1-25-24(26-11-8-14-28-12-6-2-3-7-13-28)27-21-22-9-4-5-10-23(22)31-20-17-29-15-18-30-19-16-29;/h4-5,9-10H,2-3,6-8,11-21H2,1H3,(H2,25,26,27);1H. The summed E-state index contributed by atoms with van der Waals surface area (Å²) in [4.78, 5) is 9.37. The normalized spacial score (nSPS) is 18.5. The Hall–Kier alpha value is -1.10. The second-order valence-corrected chi connectivity index (χ2v) is 8.37. The number of ether oxygens (including phenoxy) is 2. The van der Waals surface area contributed by atoms with E-state index in [0.717, 1.165) is 63.1 Å². The molecular formula is C24H42IN5O2. The monoisotopic (exact) mass is 559 g/mol. The molecule has 0 radical (unpaired) electrons. The summed E-state index contributed by atoms with van der Waals surface area (Å²) in [6, 6.07) is 8.25. The number of likely N-dealkylation sites (tertiary alicyclic amines) is 1. The van der Waals surface area contributed by atoms with E-state index in [9.17, 15) is 0 Å². The number of hydrogen-bond donors (Lipinski definition) is 2. The summed E-state index contributed by atoms with van der Waals surface area (Å²) in [5, 5.41) is 6.89. The van der Waals surface area contributed by atoms with Gasteiger partial charge < -0.3 is 25.0 Å². The zero-order valence-electron chi connectivity index (χ0n) is 19.7. The Labute approximate surface area is 211 Å². The number of morpholine rings is 1. The second kappa shape index (κ2) is 16.5. The summed E-state index contributed by atoms with van der Waals surface area (Å²) in [7, 11) is 1.83. The predicted octanol–water partition coefficient (Wildman–Crippen LogP) is 2.95. The quantitative estimate of drug-likeness (QED) is 0.199. The number of nitrogens with one attached hydrogen (secondary N) is 2. The molecule has 3 rings (SSSR count). The molecule has 0 atom stereocenters. The first-order valence-corrected chi connectivity index (χ1v) is 12.0. The lowest BCUT2D eigenvalue weighted by Gasteiger charge is -2.26. The molecule has 0 unspecified atom stereocenters. The van der Waals surface area contributed by atoms with E-state index < -0.39 is 0 Å².